The maximum Gasteiger partial charge on any atom is 0.219 e. The summed E-state index contributed by atoms with van der Waals surface area (Å²) in [5.41, 5.74) is 6.88. The van der Waals surface area contributed by atoms with Gasteiger partial charge in [0.05, 0.1) is 11.4 Å². The molecule has 0 aliphatic heterocycles. The summed E-state index contributed by atoms with van der Waals surface area (Å²) >= 11 is 0. The number of aromatic nitrogens is 1. The van der Waals surface area contributed by atoms with Crippen LogP contribution in [-0.2, 0) is 9.73 Å². The largest absolute Gasteiger partial charge is 0.437 e. The first kappa shape index (κ1) is 13.4. The second-order valence-electron chi connectivity index (χ2n) is 4.26. The molecule has 2 aromatic rings. The van der Waals surface area contributed by atoms with Crippen molar-refractivity contribution in [3.05, 3.63) is 42.6 Å². The molecule has 1 aromatic heterocycles. The van der Waals surface area contributed by atoms with Crippen LogP contribution in [0.1, 0.15) is 0 Å². The van der Waals surface area contributed by atoms with Gasteiger partial charge in [-0.1, -0.05) is 6.07 Å². The van der Waals surface area contributed by atoms with Crippen molar-refractivity contribution in [2.24, 2.45) is 4.36 Å². The Morgan fingerprint density at radius 2 is 2.05 bits per heavy atom. The zero-order valence-electron chi connectivity index (χ0n) is 10.7. The van der Waals surface area contributed by atoms with E-state index in [2.05, 4.69) is 9.35 Å². The number of benzene rings is 1. The SMILES string of the molecule is CS(C)(=O)=Nc1ccc(N)c(Oc2ccccn2)c1. The van der Waals surface area contributed by atoms with Gasteiger partial charge in [0.1, 0.15) is 0 Å². The van der Waals surface area contributed by atoms with E-state index in [0.29, 0.717) is 23.0 Å². The molecule has 0 saturated heterocycles. The quantitative estimate of drug-likeness (QED) is 0.875. The zero-order chi connectivity index (χ0) is 13.9. The molecule has 0 fully saturated rings. The van der Waals surface area contributed by atoms with E-state index in [-0.39, 0.29) is 0 Å². The van der Waals surface area contributed by atoms with Gasteiger partial charge in [0.25, 0.3) is 0 Å². The maximum atomic E-state index is 11.7. The Bertz CT molecular complexity index is 684. The minimum absolute atomic E-state index is 0.445. The summed E-state index contributed by atoms with van der Waals surface area (Å²) in [7, 11) is -2.22. The third-order valence-corrected chi connectivity index (χ3v) is 2.83. The Balaban J connectivity index is 2.36. The summed E-state index contributed by atoms with van der Waals surface area (Å²) in [4.78, 5) is 4.05. The fourth-order valence-corrected chi connectivity index (χ4v) is 2.06. The highest BCUT2D eigenvalue weighted by Crippen LogP contribution is 2.30. The molecule has 2 N–H and O–H groups in total. The minimum Gasteiger partial charge on any atom is -0.437 e. The maximum absolute atomic E-state index is 11.7. The Hall–Kier alpha value is -2.08. The number of hydrogen-bond acceptors (Lipinski definition) is 5. The van der Waals surface area contributed by atoms with E-state index >= 15 is 0 Å². The molecular weight excluding hydrogens is 262 g/mol. The van der Waals surface area contributed by atoms with Crippen LogP contribution >= 0.6 is 0 Å². The molecular formula is C13H15N3O2S. The number of nitrogens with two attached hydrogens (primary N) is 1. The van der Waals surface area contributed by atoms with Crippen molar-refractivity contribution in [3.8, 4) is 11.6 Å². The lowest BCUT2D eigenvalue weighted by atomic mass is 10.2. The lowest BCUT2D eigenvalue weighted by Crippen LogP contribution is -1.94. The van der Waals surface area contributed by atoms with Crippen LogP contribution in [-0.4, -0.2) is 21.7 Å². The van der Waals surface area contributed by atoms with Gasteiger partial charge in [-0.15, -0.1) is 0 Å². The Morgan fingerprint density at radius 1 is 1.26 bits per heavy atom. The number of pyridine rings is 1. The predicted molar refractivity (Wildman–Crippen MR) is 77.2 cm³/mol. The van der Waals surface area contributed by atoms with Crippen molar-refractivity contribution in [2.45, 2.75) is 0 Å². The van der Waals surface area contributed by atoms with Gasteiger partial charge in [-0.05, 0) is 18.2 Å². The van der Waals surface area contributed by atoms with Crippen LogP contribution in [0.5, 0.6) is 11.6 Å². The average molecular weight is 277 g/mol. The van der Waals surface area contributed by atoms with Crippen LogP contribution in [0.3, 0.4) is 0 Å². The molecule has 0 unspecified atom stereocenters. The van der Waals surface area contributed by atoms with Crippen LogP contribution in [0, 0.1) is 0 Å². The second-order valence-corrected chi connectivity index (χ2v) is 6.81. The van der Waals surface area contributed by atoms with Gasteiger partial charge in [-0.3, -0.25) is 0 Å². The van der Waals surface area contributed by atoms with E-state index in [1.165, 1.54) is 0 Å². The van der Waals surface area contributed by atoms with Gasteiger partial charge in [-0.25, -0.2) is 9.19 Å². The molecule has 0 atom stereocenters. The molecule has 19 heavy (non-hydrogen) atoms. The van der Waals surface area contributed by atoms with Crippen LogP contribution in [0.25, 0.3) is 0 Å². The normalized spacial score (nSPS) is 11.1. The van der Waals surface area contributed by atoms with E-state index in [1.807, 2.05) is 6.07 Å². The Kier molecular flexibility index (Phi) is 3.71. The van der Waals surface area contributed by atoms with Gasteiger partial charge in [0.15, 0.2) is 5.75 Å². The zero-order valence-corrected chi connectivity index (χ0v) is 11.6. The van der Waals surface area contributed by atoms with E-state index in [0.717, 1.165) is 0 Å². The number of hydrogen-bond donors (Lipinski definition) is 1. The molecule has 0 spiro atoms. The van der Waals surface area contributed by atoms with Crippen LogP contribution < -0.4 is 10.5 Å². The number of nitrogens with zero attached hydrogens (tertiary/aromatic N) is 2. The van der Waals surface area contributed by atoms with E-state index in [1.54, 1.807) is 49.0 Å². The number of rotatable bonds is 3. The summed E-state index contributed by atoms with van der Waals surface area (Å²) in [6, 6.07) is 10.4. The van der Waals surface area contributed by atoms with E-state index in [4.69, 9.17) is 10.5 Å². The molecule has 0 bridgehead atoms. The van der Waals surface area contributed by atoms with Crippen molar-refractivity contribution < 1.29 is 8.95 Å². The number of ether oxygens (including phenoxy) is 1. The molecule has 1 aromatic carbocycles. The highest BCUT2D eigenvalue weighted by atomic mass is 32.2. The molecule has 2 rings (SSSR count). The van der Waals surface area contributed by atoms with Crippen LogP contribution in [0.15, 0.2) is 47.0 Å². The molecule has 0 saturated carbocycles. The molecule has 0 radical (unpaired) electrons. The second kappa shape index (κ2) is 5.27. The van der Waals surface area contributed by atoms with Gasteiger partial charge in [0.2, 0.25) is 5.88 Å². The first-order valence-electron chi connectivity index (χ1n) is 5.59. The van der Waals surface area contributed by atoms with Crippen LogP contribution in [0.2, 0.25) is 0 Å². The molecule has 100 valence electrons. The summed E-state index contributed by atoms with van der Waals surface area (Å²) in [6.45, 7) is 0. The molecule has 1 heterocycles. The third-order valence-electron chi connectivity index (χ3n) is 2.17. The van der Waals surface area contributed by atoms with Crippen molar-refractivity contribution >= 4 is 21.1 Å². The Morgan fingerprint density at radius 3 is 2.68 bits per heavy atom. The molecule has 5 nitrogen and oxygen atoms in total. The highest BCUT2D eigenvalue weighted by Gasteiger charge is 2.05. The predicted octanol–water partition coefficient (Wildman–Crippen LogP) is 2.82. The summed E-state index contributed by atoms with van der Waals surface area (Å²) in [6.07, 6.45) is 4.77. The van der Waals surface area contributed by atoms with Gasteiger partial charge in [0, 0.05) is 40.6 Å². The average Bonchev–Trinajstić information content (AvgIpc) is 2.33. The lowest BCUT2D eigenvalue weighted by Gasteiger charge is -2.08. The summed E-state index contributed by atoms with van der Waals surface area (Å²) in [5.74, 6) is 0.892. The minimum atomic E-state index is -2.22. The van der Waals surface area contributed by atoms with Crippen molar-refractivity contribution in [3.63, 3.8) is 0 Å². The standard InChI is InChI=1S/C13H15N3O2S/c1-19(2,17)16-10-6-7-11(14)12(9-10)18-13-5-3-4-8-15-13/h3-9H,14H2,1-2H3. The summed E-state index contributed by atoms with van der Waals surface area (Å²) in [5, 5.41) is 0. The number of anilines is 1. The fraction of sp³-hybridized carbons (Fsp3) is 0.154. The first-order valence-corrected chi connectivity index (χ1v) is 7.93. The molecule has 6 heteroatoms. The van der Waals surface area contributed by atoms with Gasteiger partial charge < -0.3 is 10.5 Å². The van der Waals surface area contributed by atoms with Crippen molar-refractivity contribution in [1.82, 2.24) is 4.98 Å². The molecule has 0 aliphatic carbocycles. The van der Waals surface area contributed by atoms with Gasteiger partial charge in [-0.2, -0.15) is 4.36 Å². The fourth-order valence-electron chi connectivity index (χ4n) is 1.44. The van der Waals surface area contributed by atoms with Crippen molar-refractivity contribution in [1.29, 1.82) is 0 Å². The lowest BCUT2D eigenvalue weighted by molar-refractivity contribution is 0.465. The summed E-state index contributed by atoms with van der Waals surface area (Å²) < 4.78 is 21.3. The first-order chi connectivity index (χ1) is 8.94. The molecule has 0 aliphatic rings. The number of nitrogen functional groups attached to an aromatic ring is 1. The molecule has 0 amide bonds. The van der Waals surface area contributed by atoms with E-state index < -0.39 is 9.73 Å². The van der Waals surface area contributed by atoms with E-state index in [9.17, 15) is 4.21 Å². The smallest absolute Gasteiger partial charge is 0.219 e. The third kappa shape index (κ3) is 3.96. The van der Waals surface area contributed by atoms with Gasteiger partial charge >= 0.3 is 0 Å². The highest BCUT2D eigenvalue weighted by molar-refractivity contribution is 7.92. The Labute approximate surface area is 112 Å². The monoisotopic (exact) mass is 277 g/mol. The topological polar surface area (TPSA) is 77.6 Å². The van der Waals surface area contributed by atoms with Crippen molar-refractivity contribution in [2.75, 3.05) is 18.2 Å². The van der Waals surface area contributed by atoms with Crippen LogP contribution in [0.4, 0.5) is 11.4 Å².